The summed E-state index contributed by atoms with van der Waals surface area (Å²) >= 11 is 1.36. The topological polar surface area (TPSA) is 103 Å². The zero-order chi connectivity index (χ0) is 17.0. The highest BCUT2D eigenvalue weighted by atomic mass is 32.2. The van der Waals surface area contributed by atoms with Crippen molar-refractivity contribution in [3.05, 3.63) is 5.82 Å². The number of primary amides is 1. The third-order valence-corrected chi connectivity index (χ3v) is 5.62. The van der Waals surface area contributed by atoms with Crippen LogP contribution in [0.25, 0.3) is 0 Å². The molecule has 1 saturated carbocycles. The van der Waals surface area contributed by atoms with Gasteiger partial charge in [0.05, 0.1) is 5.25 Å². The van der Waals surface area contributed by atoms with Crippen molar-refractivity contribution >= 4 is 23.7 Å². The largest absolute Gasteiger partial charge is 0.351 e. The summed E-state index contributed by atoms with van der Waals surface area (Å²) in [6.07, 6.45) is 5.93. The van der Waals surface area contributed by atoms with Gasteiger partial charge in [-0.3, -0.25) is 10.1 Å². The van der Waals surface area contributed by atoms with Gasteiger partial charge in [-0.05, 0) is 25.7 Å². The maximum Gasteiger partial charge on any atom is 0.318 e. The van der Waals surface area contributed by atoms with E-state index < -0.39 is 11.3 Å². The summed E-state index contributed by atoms with van der Waals surface area (Å²) in [6.45, 7) is 5.82. The summed E-state index contributed by atoms with van der Waals surface area (Å²) in [6, 6.07) is -0.431. The van der Waals surface area contributed by atoms with Crippen molar-refractivity contribution < 1.29 is 9.59 Å². The number of rotatable bonds is 5. The molecular formula is C15H25N5O2S. The smallest absolute Gasteiger partial charge is 0.318 e. The summed E-state index contributed by atoms with van der Waals surface area (Å²) in [5.74, 6) is 0.529. The molecule has 1 aromatic heterocycles. The Balaban J connectivity index is 2.20. The van der Waals surface area contributed by atoms with Crippen molar-refractivity contribution in [3.8, 4) is 0 Å². The normalized spacial score (nSPS) is 17.2. The fourth-order valence-corrected chi connectivity index (χ4v) is 4.14. The number of imide groups is 1. The molecule has 0 bridgehead atoms. The Hall–Kier alpha value is -1.57. The van der Waals surface area contributed by atoms with Gasteiger partial charge in [0.15, 0.2) is 5.16 Å². The van der Waals surface area contributed by atoms with Crippen LogP contribution in [0.15, 0.2) is 5.16 Å². The number of hydrogen-bond acceptors (Lipinski definition) is 5. The van der Waals surface area contributed by atoms with E-state index in [4.69, 9.17) is 5.73 Å². The Bertz CT molecular complexity index is 566. The molecule has 7 nitrogen and oxygen atoms in total. The van der Waals surface area contributed by atoms with Crippen LogP contribution in [0.4, 0.5) is 4.79 Å². The number of urea groups is 1. The van der Waals surface area contributed by atoms with E-state index in [0.717, 1.165) is 23.8 Å². The molecule has 1 aromatic rings. The number of carbonyl (C=O) groups is 2. The summed E-state index contributed by atoms with van der Waals surface area (Å²) in [7, 11) is 0. The van der Waals surface area contributed by atoms with Gasteiger partial charge in [-0.2, -0.15) is 0 Å². The first-order valence-corrected chi connectivity index (χ1v) is 8.96. The molecule has 3 amide bonds. The number of carbonyl (C=O) groups excluding carboxylic acids is 2. The lowest BCUT2D eigenvalue weighted by molar-refractivity contribution is -0.120. The Morgan fingerprint density at radius 3 is 2.48 bits per heavy atom. The first-order valence-electron chi connectivity index (χ1n) is 8.08. The van der Waals surface area contributed by atoms with Gasteiger partial charge < -0.3 is 10.3 Å². The molecule has 0 saturated heterocycles. The van der Waals surface area contributed by atoms with Gasteiger partial charge in [-0.25, -0.2) is 4.79 Å². The van der Waals surface area contributed by atoms with Crippen LogP contribution in [0.3, 0.4) is 0 Å². The predicted octanol–water partition coefficient (Wildman–Crippen LogP) is 2.40. The van der Waals surface area contributed by atoms with Crippen molar-refractivity contribution in [1.29, 1.82) is 0 Å². The number of amides is 3. The number of aryl methyl sites for hydroxylation is 1. The molecule has 1 fully saturated rings. The SMILES string of the molecule is Cc1nnc(S[C@H](C(=O)NC(N)=O)C(C)C)n1C1CCCCC1. The van der Waals surface area contributed by atoms with Crippen LogP contribution in [-0.4, -0.2) is 32.0 Å². The molecule has 128 valence electrons. The number of hydrogen-bond donors (Lipinski definition) is 2. The first-order chi connectivity index (χ1) is 10.9. The van der Waals surface area contributed by atoms with Crippen LogP contribution < -0.4 is 11.1 Å². The third kappa shape index (κ3) is 4.46. The predicted molar refractivity (Wildman–Crippen MR) is 89.1 cm³/mol. The summed E-state index contributed by atoms with van der Waals surface area (Å²) in [4.78, 5) is 23.2. The maximum absolute atomic E-state index is 12.2. The fraction of sp³-hybridized carbons (Fsp3) is 0.733. The number of nitrogens with one attached hydrogen (secondary N) is 1. The maximum atomic E-state index is 12.2. The molecule has 0 radical (unpaired) electrons. The monoisotopic (exact) mass is 339 g/mol. The van der Waals surface area contributed by atoms with Crippen LogP contribution in [0, 0.1) is 12.8 Å². The quantitative estimate of drug-likeness (QED) is 0.802. The average molecular weight is 339 g/mol. The Morgan fingerprint density at radius 2 is 1.91 bits per heavy atom. The lowest BCUT2D eigenvalue weighted by atomic mass is 9.95. The number of nitrogens with two attached hydrogens (primary N) is 1. The molecule has 1 heterocycles. The molecular weight excluding hydrogens is 314 g/mol. The molecule has 0 unspecified atom stereocenters. The van der Waals surface area contributed by atoms with Crippen LogP contribution in [0.1, 0.15) is 57.8 Å². The van der Waals surface area contributed by atoms with Gasteiger partial charge in [0.2, 0.25) is 5.91 Å². The van der Waals surface area contributed by atoms with Gasteiger partial charge in [0.25, 0.3) is 0 Å². The number of aromatic nitrogens is 3. The second kappa shape index (κ2) is 7.81. The van der Waals surface area contributed by atoms with E-state index in [0.29, 0.717) is 6.04 Å². The molecule has 23 heavy (non-hydrogen) atoms. The van der Waals surface area contributed by atoms with E-state index >= 15 is 0 Å². The fourth-order valence-electron chi connectivity index (χ4n) is 2.99. The van der Waals surface area contributed by atoms with E-state index in [1.54, 1.807) is 0 Å². The van der Waals surface area contributed by atoms with Crippen molar-refractivity contribution in [2.24, 2.45) is 11.7 Å². The Kier molecular flexibility index (Phi) is 6.04. The molecule has 0 aliphatic heterocycles. The van der Waals surface area contributed by atoms with Gasteiger partial charge in [0.1, 0.15) is 5.82 Å². The Labute approximate surface area is 140 Å². The molecule has 3 N–H and O–H groups in total. The molecule has 1 aliphatic carbocycles. The highest BCUT2D eigenvalue weighted by molar-refractivity contribution is 8.00. The second-order valence-electron chi connectivity index (χ2n) is 6.33. The highest BCUT2D eigenvalue weighted by Gasteiger charge is 2.29. The molecule has 1 aliphatic rings. The molecule has 8 heteroatoms. The highest BCUT2D eigenvalue weighted by Crippen LogP contribution is 2.35. The van der Waals surface area contributed by atoms with Crippen molar-refractivity contribution in [3.63, 3.8) is 0 Å². The third-order valence-electron chi connectivity index (χ3n) is 4.12. The minimum atomic E-state index is -0.828. The van der Waals surface area contributed by atoms with Gasteiger partial charge >= 0.3 is 6.03 Å². The summed E-state index contributed by atoms with van der Waals surface area (Å²) < 4.78 is 2.15. The van der Waals surface area contributed by atoms with Crippen LogP contribution in [0.2, 0.25) is 0 Å². The van der Waals surface area contributed by atoms with Crippen molar-refractivity contribution in [1.82, 2.24) is 20.1 Å². The Morgan fingerprint density at radius 1 is 1.26 bits per heavy atom. The van der Waals surface area contributed by atoms with E-state index in [9.17, 15) is 9.59 Å². The van der Waals surface area contributed by atoms with Crippen LogP contribution in [-0.2, 0) is 4.79 Å². The van der Waals surface area contributed by atoms with Crippen molar-refractivity contribution in [2.45, 2.75) is 69.3 Å². The minimum Gasteiger partial charge on any atom is -0.351 e. The molecule has 0 spiro atoms. The second-order valence-corrected chi connectivity index (χ2v) is 7.44. The zero-order valence-corrected chi connectivity index (χ0v) is 14.7. The molecule has 0 aromatic carbocycles. The average Bonchev–Trinajstić information content (AvgIpc) is 2.85. The lowest BCUT2D eigenvalue weighted by Crippen LogP contribution is -2.42. The van der Waals surface area contributed by atoms with Crippen molar-refractivity contribution in [2.75, 3.05) is 0 Å². The zero-order valence-electron chi connectivity index (χ0n) is 13.9. The number of nitrogens with zero attached hydrogens (tertiary/aromatic N) is 3. The van der Waals surface area contributed by atoms with E-state index in [2.05, 4.69) is 20.1 Å². The summed E-state index contributed by atoms with van der Waals surface area (Å²) in [5.41, 5.74) is 5.06. The lowest BCUT2D eigenvalue weighted by Gasteiger charge is -2.26. The van der Waals surface area contributed by atoms with Crippen LogP contribution >= 0.6 is 11.8 Å². The molecule has 1 atom stereocenters. The van der Waals surface area contributed by atoms with E-state index in [1.807, 2.05) is 20.8 Å². The molecule has 2 rings (SSSR count). The standard InChI is InChI=1S/C15H25N5O2S/c1-9(2)12(13(21)17-14(16)22)23-15-19-18-10(3)20(15)11-7-5-4-6-8-11/h9,11-12H,4-8H2,1-3H3,(H3,16,17,21,22)/t12-/m0/s1. The van der Waals surface area contributed by atoms with E-state index in [1.165, 1.54) is 31.0 Å². The van der Waals surface area contributed by atoms with Crippen LogP contribution in [0.5, 0.6) is 0 Å². The minimum absolute atomic E-state index is 0.0381. The van der Waals surface area contributed by atoms with Gasteiger partial charge in [-0.15, -0.1) is 10.2 Å². The number of thioether (sulfide) groups is 1. The van der Waals surface area contributed by atoms with E-state index in [-0.39, 0.29) is 11.8 Å². The first kappa shape index (κ1) is 17.8. The van der Waals surface area contributed by atoms with Gasteiger partial charge in [0, 0.05) is 6.04 Å². The summed E-state index contributed by atoms with van der Waals surface area (Å²) in [5, 5.41) is 10.9. The van der Waals surface area contributed by atoms with Gasteiger partial charge in [-0.1, -0.05) is 44.9 Å².